The number of esters is 1. The molecule has 2 N–H and O–H groups in total. The molecule has 44 heavy (non-hydrogen) atoms. The molecule has 2 aliphatic carbocycles. The second kappa shape index (κ2) is 12.3. The summed E-state index contributed by atoms with van der Waals surface area (Å²) in [5.41, 5.74) is -6.33. The van der Waals surface area contributed by atoms with Gasteiger partial charge in [-0.05, 0) is 70.9 Å². The Balaban J connectivity index is 1.63. The smallest absolute Gasteiger partial charge is 0.433 e. The second-order valence-electron chi connectivity index (χ2n) is 11.5. The van der Waals surface area contributed by atoms with Gasteiger partial charge in [0.2, 0.25) is 0 Å². The molecule has 1 aromatic heterocycles. The molecule has 0 bridgehead atoms. The number of nitrogens with one attached hydrogen (secondary N) is 1. The molecule has 0 aliphatic heterocycles. The lowest BCUT2D eigenvalue weighted by Gasteiger charge is -2.36. The zero-order chi connectivity index (χ0) is 32.8. The Morgan fingerprint density at radius 1 is 1.14 bits per heavy atom. The minimum Gasteiger partial charge on any atom is -0.466 e. The number of carbonyl (C=O) groups is 2. The number of aliphatic hydroxyl groups excluding tert-OH is 1. The van der Waals surface area contributed by atoms with Crippen LogP contribution in [0.1, 0.15) is 92.6 Å². The van der Waals surface area contributed by atoms with E-state index in [1.165, 1.54) is 0 Å². The highest BCUT2D eigenvalue weighted by molar-refractivity contribution is 6.36. The molecule has 2 atom stereocenters. The number of alkyl halides is 6. The number of aromatic nitrogens is 2. The standard InChI is InChI=1S/C28H30Cl2F7N3O4/c1-3-44-24(43)25(2)8-6-14(7-9-25)40-22(27(32,33)34)15(13-38-40)23(42)39-19(26(10-11-26)28(35,36)37)12-18(41)20-16(29)4-5-17(31)21(20)30/h4-5,13-14,18-19,41H,3,6-12H2,1-2H3,(H,39,42)/t14?,18-,19-,25?/m1/s1. The molecule has 4 rings (SSSR count). The van der Waals surface area contributed by atoms with Crippen LogP contribution in [0.5, 0.6) is 0 Å². The van der Waals surface area contributed by atoms with Crippen molar-refractivity contribution >= 4 is 35.1 Å². The van der Waals surface area contributed by atoms with Crippen LogP contribution in [0.15, 0.2) is 18.3 Å². The van der Waals surface area contributed by atoms with Crippen molar-refractivity contribution in [3.05, 3.63) is 51.0 Å². The van der Waals surface area contributed by atoms with Crippen LogP contribution in [0.4, 0.5) is 30.7 Å². The van der Waals surface area contributed by atoms with Crippen molar-refractivity contribution in [3.63, 3.8) is 0 Å². The van der Waals surface area contributed by atoms with Crippen LogP contribution in [0.2, 0.25) is 10.0 Å². The zero-order valence-corrected chi connectivity index (χ0v) is 25.1. The second-order valence-corrected chi connectivity index (χ2v) is 12.3. The van der Waals surface area contributed by atoms with Crippen molar-refractivity contribution in [2.75, 3.05) is 6.61 Å². The van der Waals surface area contributed by atoms with Gasteiger partial charge in [0.1, 0.15) is 5.82 Å². The van der Waals surface area contributed by atoms with E-state index in [-0.39, 0.29) is 37.3 Å². The Morgan fingerprint density at radius 3 is 2.27 bits per heavy atom. The Bertz CT molecular complexity index is 1400. The van der Waals surface area contributed by atoms with E-state index < -0.39 is 100 Å². The number of amides is 1. The summed E-state index contributed by atoms with van der Waals surface area (Å²) in [6, 6.07) is -0.853. The van der Waals surface area contributed by atoms with Crippen LogP contribution in [-0.4, -0.2) is 45.6 Å². The average Bonchev–Trinajstić information content (AvgIpc) is 3.63. The topological polar surface area (TPSA) is 93.5 Å². The summed E-state index contributed by atoms with van der Waals surface area (Å²) in [4.78, 5) is 25.7. The van der Waals surface area contributed by atoms with Gasteiger partial charge in [0.15, 0.2) is 5.69 Å². The number of hydrogen-bond acceptors (Lipinski definition) is 5. The lowest BCUT2D eigenvalue weighted by atomic mass is 9.74. The van der Waals surface area contributed by atoms with Gasteiger partial charge in [-0.1, -0.05) is 23.2 Å². The molecule has 1 aromatic carbocycles. The summed E-state index contributed by atoms with van der Waals surface area (Å²) in [7, 11) is 0. The van der Waals surface area contributed by atoms with Gasteiger partial charge in [0, 0.05) is 16.6 Å². The first-order chi connectivity index (χ1) is 20.4. The molecule has 0 saturated heterocycles. The summed E-state index contributed by atoms with van der Waals surface area (Å²) >= 11 is 11.9. The Morgan fingerprint density at radius 2 is 1.75 bits per heavy atom. The van der Waals surface area contributed by atoms with Crippen molar-refractivity contribution in [2.45, 2.75) is 89.3 Å². The van der Waals surface area contributed by atoms with E-state index in [1.807, 2.05) is 0 Å². The number of nitrogens with zero attached hydrogens (tertiary/aromatic N) is 2. The van der Waals surface area contributed by atoms with Crippen LogP contribution in [0.3, 0.4) is 0 Å². The molecule has 2 saturated carbocycles. The number of ether oxygens (including phenoxy) is 1. The summed E-state index contributed by atoms with van der Waals surface area (Å²) in [5.74, 6) is -2.96. The highest BCUT2D eigenvalue weighted by atomic mass is 35.5. The van der Waals surface area contributed by atoms with Gasteiger partial charge in [-0.2, -0.15) is 31.4 Å². The van der Waals surface area contributed by atoms with Gasteiger partial charge in [-0.25, -0.2) is 4.39 Å². The number of benzene rings is 1. The van der Waals surface area contributed by atoms with Crippen molar-refractivity contribution in [2.24, 2.45) is 10.8 Å². The number of hydrogen-bond donors (Lipinski definition) is 2. The van der Waals surface area contributed by atoms with Gasteiger partial charge in [-0.3, -0.25) is 14.3 Å². The zero-order valence-electron chi connectivity index (χ0n) is 23.6. The average molecular weight is 676 g/mol. The van der Waals surface area contributed by atoms with Crippen LogP contribution in [0, 0.1) is 16.6 Å². The van der Waals surface area contributed by atoms with Gasteiger partial charge < -0.3 is 15.2 Å². The van der Waals surface area contributed by atoms with Crippen molar-refractivity contribution in [1.82, 2.24) is 15.1 Å². The molecule has 2 fully saturated rings. The molecular formula is C28H30Cl2F7N3O4. The maximum atomic E-state index is 14.4. The van der Waals surface area contributed by atoms with Crippen molar-refractivity contribution in [1.29, 1.82) is 0 Å². The van der Waals surface area contributed by atoms with Gasteiger partial charge in [-0.15, -0.1) is 0 Å². The number of halogens is 9. The van der Waals surface area contributed by atoms with E-state index in [4.69, 9.17) is 27.9 Å². The number of carbonyl (C=O) groups excluding carboxylic acids is 2. The van der Waals surface area contributed by atoms with E-state index >= 15 is 0 Å². The molecule has 2 aromatic rings. The van der Waals surface area contributed by atoms with Crippen molar-refractivity contribution in [3.8, 4) is 0 Å². The first-order valence-electron chi connectivity index (χ1n) is 13.9. The summed E-state index contributed by atoms with van der Waals surface area (Å²) in [6.07, 6.45) is -12.5. The molecule has 1 amide bonds. The molecule has 16 heteroatoms. The number of rotatable bonds is 9. The summed E-state index contributed by atoms with van der Waals surface area (Å²) < 4.78 is 105. The van der Waals surface area contributed by atoms with E-state index in [0.29, 0.717) is 10.9 Å². The third-order valence-corrected chi connectivity index (χ3v) is 9.39. The lowest BCUT2D eigenvalue weighted by Crippen LogP contribution is -2.48. The van der Waals surface area contributed by atoms with Gasteiger partial charge in [0.05, 0.1) is 46.4 Å². The molecule has 7 nitrogen and oxygen atoms in total. The van der Waals surface area contributed by atoms with Crippen LogP contribution in [-0.2, 0) is 15.7 Å². The minimum absolute atomic E-state index is 0.0995. The number of aliphatic hydroxyl groups is 1. The van der Waals surface area contributed by atoms with Crippen LogP contribution < -0.4 is 5.32 Å². The fourth-order valence-corrected chi connectivity index (χ4v) is 6.52. The van der Waals surface area contributed by atoms with Gasteiger partial charge in [0.25, 0.3) is 5.91 Å². The Hall–Kier alpha value is -2.58. The van der Waals surface area contributed by atoms with Crippen molar-refractivity contribution < 1.29 is 50.2 Å². The Labute approximate surface area is 258 Å². The maximum absolute atomic E-state index is 14.4. The lowest BCUT2D eigenvalue weighted by molar-refractivity contribution is -0.196. The SMILES string of the molecule is CCOC(=O)C1(C)CCC(n2ncc(C(=O)N[C@H](C[C@@H](O)c3c(Cl)ccc(F)c3Cl)C3(C(F)(F)F)CC3)c2C(F)(F)F)CC1. The molecule has 244 valence electrons. The molecule has 2 aliphatic rings. The first-order valence-corrected chi connectivity index (χ1v) is 14.6. The van der Waals surface area contributed by atoms with E-state index in [1.54, 1.807) is 13.8 Å². The third-order valence-electron chi connectivity index (χ3n) is 8.68. The maximum Gasteiger partial charge on any atom is 0.433 e. The predicted molar refractivity (Wildman–Crippen MR) is 144 cm³/mol. The predicted octanol–water partition coefficient (Wildman–Crippen LogP) is 7.60. The first kappa shape index (κ1) is 34.3. The summed E-state index contributed by atoms with van der Waals surface area (Å²) in [6.45, 7) is 3.43. The highest BCUT2D eigenvalue weighted by Gasteiger charge is 2.67. The Kier molecular flexibility index (Phi) is 9.60. The largest absolute Gasteiger partial charge is 0.466 e. The molecular weight excluding hydrogens is 646 g/mol. The third kappa shape index (κ3) is 6.53. The fourth-order valence-electron chi connectivity index (χ4n) is 5.89. The normalized spacial score (nSPS) is 23.1. The highest BCUT2D eigenvalue weighted by Crippen LogP contribution is 2.61. The van der Waals surface area contributed by atoms with E-state index in [2.05, 4.69) is 10.4 Å². The van der Waals surface area contributed by atoms with E-state index in [0.717, 1.165) is 12.1 Å². The monoisotopic (exact) mass is 675 g/mol. The van der Waals surface area contributed by atoms with E-state index in [9.17, 15) is 45.4 Å². The molecule has 0 spiro atoms. The molecule has 1 heterocycles. The van der Waals surface area contributed by atoms with Gasteiger partial charge >= 0.3 is 18.3 Å². The van der Waals surface area contributed by atoms with Crippen LogP contribution in [0.25, 0.3) is 0 Å². The molecule has 0 unspecified atom stereocenters. The summed E-state index contributed by atoms with van der Waals surface area (Å²) in [5, 5.41) is 15.8. The van der Waals surface area contributed by atoms with Crippen LogP contribution >= 0.6 is 23.2 Å². The fraction of sp³-hybridized carbons (Fsp3) is 0.607. The molecule has 0 radical (unpaired) electrons. The quantitative estimate of drug-likeness (QED) is 0.162. The minimum atomic E-state index is -5.12.